The molecule has 1 N–H and O–H groups in total. The third kappa shape index (κ3) is 4.79. The summed E-state index contributed by atoms with van der Waals surface area (Å²) in [6.07, 6.45) is 3.46. The molecule has 0 unspecified atom stereocenters. The number of hydrogen-bond donors (Lipinski definition) is 1. The van der Waals surface area contributed by atoms with Crippen LogP contribution in [0.1, 0.15) is 24.8 Å². The first-order valence-corrected chi connectivity index (χ1v) is 7.51. The van der Waals surface area contributed by atoms with E-state index in [1.807, 2.05) is 12.1 Å². The van der Waals surface area contributed by atoms with Crippen molar-refractivity contribution in [2.45, 2.75) is 25.8 Å². The maximum absolute atomic E-state index is 5.63. The number of hydrogen-bond acceptors (Lipinski definition) is 5. The molecular formula is C16H25NO4. The summed E-state index contributed by atoms with van der Waals surface area (Å²) in [5.41, 5.74) is 1.15. The molecule has 1 heterocycles. The lowest BCUT2D eigenvalue weighted by atomic mass is 10.1. The SMILES string of the molecule is COCCCCCNCc1cc(OC)c2c(c1)OCCO2. The van der Waals surface area contributed by atoms with Crippen molar-refractivity contribution in [3.63, 3.8) is 0 Å². The third-order valence-electron chi connectivity index (χ3n) is 3.42. The van der Waals surface area contributed by atoms with Crippen LogP contribution in [0.25, 0.3) is 0 Å². The summed E-state index contributed by atoms with van der Waals surface area (Å²) in [7, 11) is 3.40. The summed E-state index contributed by atoms with van der Waals surface area (Å²) >= 11 is 0. The van der Waals surface area contributed by atoms with E-state index in [4.69, 9.17) is 18.9 Å². The van der Waals surface area contributed by atoms with Crippen LogP contribution >= 0.6 is 0 Å². The molecule has 0 aliphatic carbocycles. The Morgan fingerprint density at radius 3 is 2.76 bits per heavy atom. The van der Waals surface area contributed by atoms with Crippen LogP contribution < -0.4 is 19.5 Å². The molecular weight excluding hydrogens is 270 g/mol. The molecule has 1 aromatic carbocycles. The predicted octanol–water partition coefficient (Wildman–Crippen LogP) is 2.37. The second-order valence-electron chi connectivity index (χ2n) is 5.05. The average molecular weight is 295 g/mol. The molecule has 1 aromatic rings. The topological polar surface area (TPSA) is 49.0 Å². The molecule has 0 fully saturated rings. The molecule has 0 saturated heterocycles. The summed E-state index contributed by atoms with van der Waals surface area (Å²) in [6, 6.07) is 4.03. The Bertz CT molecular complexity index is 419. The molecule has 1 aliphatic rings. The number of methoxy groups -OCH3 is 2. The van der Waals surface area contributed by atoms with Crippen molar-refractivity contribution < 1.29 is 18.9 Å². The van der Waals surface area contributed by atoms with Crippen LogP contribution in [0, 0.1) is 0 Å². The second kappa shape index (κ2) is 8.74. The Kier molecular flexibility index (Phi) is 6.63. The Morgan fingerprint density at radius 2 is 1.95 bits per heavy atom. The summed E-state index contributed by atoms with van der Waals surface area (Å²) < 4.78 is 21.6. The molecule has 0 radical (unpaired) electrons. The number of fused-ring (bicyclic) bond motifs is 1. The average Bonchev–Trinajstić information content (AvgIpc) is 2.53. The monoisotopic (exact) mass is 295 g/mol. The molecule has 0 atom stereocenters. The summed E-state index contributed by atoms with van der Waals surface area (Å²) in [5, 5.41) is 3.44. The van der Waals surface area contributed by atoms with Crippen LogP contribution in [0.15, 0.2) is 12.1 Å². The molecule has 0 bridgehead atoms. The molecule has 5 nitrogen and oxygen atoms in total. The lowest BCUT2D eigenvalue weighted by molar-refractivity contribution is 0.165. The van der Waals surface area contributed by atoms with E-state index >= 15 is 0 Å². The third-order valence-corrected chi connectivity index (χ3v) is 3.42. The van der Waals surface area contributed by atoms with Gasteiger partial charge >= 0.3 is 0 Å². The number of benzene rings is 1. The van der Waals surface area contributed by atoms with Gasteiger partial charge in [0.2, 0.25) is 5.75 Å². The molecule has 1 aliphatic heterocycles. The quantitative estimate of drug-likeness (QED) is 0.709. The molecule has 0 saturated carbocycles. The highest BCUT2D eigenvalue weighted by Crippen LogP contribution is 2.40. The van der Waals surface area contributed by atoms with E-state index in [-0.39, 0.29) is 0 Å². The fraction of sp³-hybridized carbons (Fsp3) is 0.625. The highest BCUT2D eigenvalue weighted by molar-refractivity contribution is 5.54. The lowest BCUT2D eigenvalue weighted by Gasteiger charge is -2.21. The zero-order valence-corrected chi connectivity index (χ0v) is 12.9. The minimum Gasteiger partial charge on any atom is -0.493 e. The molecule has 5 heteroatoms. The van der Waals surface area contributed by atoms with Crippen molar-refractivity contribution in [1.29, 1.82) is 0 Å². The van der Waals surface area contributed by atoms with Gasteiger partial charge in [0.15, 0.2) is 11.5 Å². The molecule has 118 valence electrons. The molecule has 2 rings (SSSR count). The van der Waals surface area contributed by atoms with Crippen molar-refractivity contribution in [3.8, 4) is 17.2 Å². The minimum atomic E-state index is 0.572. The number of rotatable bonds is 9. The zero-order valence-electron chi connectivity index (χ0n) is 12.9. The fourth-order valence-corrected chi connectivity index (χ4v) is 2.34. The lowest BCUT2D eigenvalue weighted by Crippen LogP contribution is -2.18. The van der Waals surface area contributed by atoms with Gasteiger partial charge in [0.05, 0.1) is 7.11 Å². The van der Waals surface area contributed by atoms with Gasteiger partial charge in [-0.2, -0.15) is 0 Å². The van der Waals surface area contributed by atoms with Gasteiger partial charge in [-0.3, -0.25) is 0 Å². The maximum atomic E-state index is 5.63. The van der Waals surface area contributed by atoms with Gasteiger partial charge < -0.3 is 24.3 Å². The van der Waals surface area contributed by atoms with E-state index in [1.54, 1.807) is 14.2 Å². The van der Waals surface area contributed by atoms with Crippen molar-refractivity contribution in [2.24, 2.45) is 0 Å². The Morgan fingerprint density at radius 1 is 1.10 bits per heavy atom. The molecule has 0 spiro atoms. The van der Waals surface area contributed by atoms with Gasteiger partial charge in [-0.1, -0.05) is 0 Å². The van der Waals surface area contributed by atoms with E-state index in [9.17, 15) is 0 Å². The Balaban J connectivity index is 1.80. The van der Waals surface area contributed by atoms with E-state index < -0.39 is 0 Å². The zero-order chi connectivity index (χ0) is 14.9. The van der Waals surface area contributed by atoms with E-state index in [0.717, 1.165) is 49.6 Å². The van der Waals surface area contributed by atoms with E-state index in [2.05, 4.69) is 5.32 Å². The van der Waals surface area contributed by atoms with Gasteiger partial charge in [-0.25, -0.2) is 0 Å². The number of unbranched alkanes of at least 4 members (excludes halogenated alkanes) is 2. The predicted molar refractivity (Wildman–Crippen MR) is 81.4 cm³/mol. The van der Waals surface area contributed by atoms with E-state index in [1.165, 1.54) is 6.42 Å². The standard InChI is InChI=1S/C16H25NO4/c1-18-7-5-3-4-6-17-12-13-10-14(19-2)16-15(11-13)20-8-9-21-16/h10-11,17H,3-9,12H2,1-2H3. The van der Waals surface area contributed by atoms with Crippen LogP contribution in [-0.2, 0) is 11.3 Å². The summed E-state index contributed by atoms with van der Waals surface area (Å²) in [4.78, 5) is 0. The Labute approximate surface area is 126 Å². The van der Waals surface area contributed by atoms with Crippen molar-refractivity contribution >= 4 is 0 Å². The minimum absolute atomic E-state index is 0.572. The summed E-state index contributed by atoms with van der Waals surface area (Å²) in [6.45, 7) is 3.81. The molecule has 0 amide bonds. The van der Waals surface area contributed by atoms with Crippen LogP contribution in [0.4, 0.5) is 0 Å². The highest BCUT2D eigenvalue weighted by Gasteiger charge is 2.18. The Hall–Kier alpha value is -1.46. The van der Waals surface area contributed by atoms with Gasteiger partial charge in [0.25, 0.3) is 0 Å². The first kappa shape index (κ1) is 15.9. The van der Waals surface area contributed by atoms with E-state index in [0.29, 0.717) is 19.0 Å². The first-order chi connectivity index (χ1) is 10.3. The van der Waals surface area contributed by atoms with Gasteiger partial charge in [-0.05, 0) is 43.5 Å². The van der Waals surface area contributed by atoms with Crippen molar-refractivity contribution in [3.05, 3.63) is 17.7 Å². The molecule has 21 heavy (non-hydrogen) atoms. The van der Waals surface area contributed by atoms with Crippen LogP contribution in [-0.4, -0.2) is 40.6 Å². The fourth-order valence-electron chi connectivity index (χ4n) is 2.34. The first-order valence-electron chi connectivity index (χ1n) is 7.51. The van der Waals surface area contributed by atoms with Crippen LogP contribution in [0.3, 0.4) is 0 Å². The number of nitrogens with one attached hydrogen (secondary N) is 1. The van der Waals surface area contributed by atoms with Crippen molar-refractivity contribution in [1.82, 2.24) is 5.32 Å². The maximum Gasteiger partial charge on any atom is 0.203 e. The second-order valence-corrected chi connectivity index (χ2v) is 5.05. The number of ether oxygens (including phenoxy) is 4. The van der Waals surface area contributed by atoms with Crippen LogP contribution in [0.2, 0.25) is 0 Å². The largest absolute Gasteiger partial charge is 0.493 e. The van der Waals surface area contributed by atoms with Crippen LogP contribution in [0.5, 0.6) is 17.2 Å². The van der Waals surface area contributed by atoms with Gasteiger partial charge in [0, 0.05) is 20.3 Å². The van der Waals surface area contributed by atoms with Gasteiger partial charge in [-0.15, -0.1) is 0 Å². The van der Waals surface area contributed by atoms with Gasteiger partial charge in [0.1, 0.15) is 13.2 Å². The smallest absolute Gasteiger partial charge is 0.203 e. The molecule has 0 aromatic heterocycles. The normalized spacial score (nSPS) is 13.2. The summed E-state index contributed by atoms with van der Waals surface area (Å²) in [5.74, 6) is 2.23. The highest BCUT2D eigenvalue weighted by atomic mass is 16.6. The van der Waals surface area contributed by atoms with Crippen molar-refractivity contribution in [2.75, 3.05) is 40.6 Å².